The van der Waals surface area contributed by atoms with Gasteiger partial charge in [-0.3, -0.25) is 4.79 Å². The van der Waals surface area contributed by atoms with Crippen LogP contribution in [0.5, 0.6) is 0 Å². The molecule has 0 bridgehead atoms. The third-order valence-corrected chi connectivity index (χ3v) is 8.76. The molecule has 0 amide bonds. The maximum absolute atomic E-state index is 11.2. The van der Waals surface area contributed by atoms with Crippen molar-refractivity contribution in [1.82, 2.24) is 0 Å². The molecule has 0 aliphatic carbocycles. The Kier molecular flexibility index (Phi) is 48.5. The first-order valence-corrected chi connectivity index (χ1v) is 17.9. The minimum Gasteiger partial charge on any atom is -0.870 e. The van der Waals surface area contributed by atoms with Crippen LogP contribution in [0.1, 0.15) is 189 Å². The van der Waals surface area contributed by atoms with Gasteiger partial charge in [-0.1, -0.05) is 144 Å². The van der Waals surface area contributed by atoms with E-state index in [1.165, 1.54) is 77.0 Å². The standard InChI is InChI=1S/C18H32N2.C17H34O2.C2H6O2.K.H2O/c1-4-7-10-11-14-18(12-8-5-2,13-9-6-3)17(15-19)16-20;1-4-7-10-11-14-17(12-8-5-2,13-9-6-3)15-16(18)19;3-1-2-4;;/h17H,4-14H2,1-3H3;4-15H2,1-3H3,(H,18,19);3-4H,1-2H2;;1H2/q;;;+1;/p-1. The molecule has 0 rings (SSSR count). The van der Waals surface area contributed by atoms with Crippen LogP contribution in [-0.4, -0.2) is 40.0 Å². The second-order valence-corrected chi connectivity index (χ2v) is 12.6. The number of rotatable bonds is 26. The molecule has 8 heteroatoms. The molecule has 0 saturated heterocycles. The van der Waals surface area contributed by atoms with Gasteiger partial charge in [-0.15, -0.1) is 0 Å². The SMILES string of the molecule is CCCCCCC(CCCC)(CCCC)C(C#N)C#N.CCCCCCC(CCCC)(CCCC)CC(=O)O.OCCO.[K+].[OH-]. The van der Waals surface area contributed by atoms with Crippen LogP contribution < -0.4 is 51.4 Å². The molecule has 0 radical (unpaired) electrons. The van der Waals surface area contributed by atoms with Crippen molar-refractivity contribution in [3.05, 3.63) is 0 Å². The van der Waals surface area contributed by atoms with Crippen molar-refractivity contribution in [2.75, 3.05) is 13.2 Å². The summed E-state index contributed by atoms with van der Waals surface area (Å²) in [5.74, 6) is -1.04. The van der Waals surface area contributed by atoms with Crippen molar-refractivity contribution < 1.29 is 77.0 Å². The Hall–Kier alpha value is -0.0336. The predicted molar refractivity (Wildman–Crippen MR) is 184 cm³/mol. The van der Waals surface area contributed by atoms with E-state index in [1.807, 2.05) is 0 Å². The molecule has 0 saturated carbocycles. The van der Waals surface area contributed by atoms with Crippen LogP contribution in [0.4, 0.5) is 0 Å². The number of carboxylic acid groups (broad SMARTS) is 1. The topological polar surface area (TPSA) is 155 Å². The average Bonchev–Trinajstić information content (AvgIpc) is 3.01. The van der Waals surface area contributed by atoms with Crippen LogP contribution in [-0.2, 0) is 4.79 Å². The van der Waals surface area contributed by atoms with Crippen LogP contribution in [0.2, 0.25) is 0 Å². The molecule has 4 N–H and O–H groups in total. The maximum atomic E-state index is 11.2. The van der Waals surface area contributed by atoms with E-state index < -0.39 is 11.9 Å². The van der Waals surface area contributed by atoms with Gasteiger partial charge in [0, 0.05) is 0 Å². The number of unbranched alkanes of at least 4 members (excludes halogenated alkanes) is 10. The largest absolute Gasteiger partial charge is 1.00 e. The van der Waals surface area contributed by atoms with Gasteiger partial charge in [0.2, 0.25) is 0 Å². The van der Waals surface area contributed by atoms with E-state index in [1.54, 1.807) is 0 Å². The number of hydrogen-bond donors (Lipinski definition) is 3. The predicted octanol–water partition coefficient (Wildman–Crippen LogP) is 7.58. The molecule has 45 heavy (non-hydrogen) atoms. The molecule has 7 nitrogen and oxygen atoms in total. The summed E-state index contributed by atoms with van der Waals surface area (Å²) in [4.78, 5) is 11.2. The van der Waals surface area contributed by atoms with Gasteiger partial charge in [-0.2, -0.15) is 10.5 Å². The van der Waals surface area contributed by atoms with Gasteiger partial charge < -0.3 is 20.8 Å². The summed E-state index contributed by atoms with van der Waals surface area (Å²) in [6.07, 6.45) is 26.0. The Morgan fingerprint density at radius 3 is 1.20 bits per heavy atom. The van der Waals surface area contributed by atoms with Crippen LogP contribution in [0.25, 0.3) is 0 Å². The van der Waals surface area contributed by atoms with Gasteiger partial charge in [0.05, 0.1) is 31.8 Å². The van der Waals surface area contributed by atoms with Gasteiger partial charge in [0.15, 0.2) is 0 Å². The number of nitriles is 2. The fourth-order valence-corrected chi connectivity index (χ4v) is 6.06. The third-order valence-electron chi connectivity index (χ3n) is 8.76. The summed E-state index contributed by atoms with van der Waals surface area (Å²) in [7, 11) is 0. The second kappa shape index (κ2) is 40.1. The van der Waals surface area contributed by atoms with Crippen LogP contribution in [0.15, 0.2) is 0 Å². The minimum absolute atomic E-state index is 0. The molecule has 0 aliphatic rings. The molecule has 0 aliphatic heterocycles. The molecule has 0 atom stereocenters. The van der Waals surface area contributed by atoms with Gasteiger partial charge in [-0.25, -0.2) is 0 Å². The number of hydrogen-bond acceptors (Lipinski definition) is 6. The maximum Gasteiger partial charge on any atom is 1.00 e. The van der Waals surface area contributed by atoms with Gasteiger partial charge >= 0.3 is 57.4 Å². The minimum atomic E-state index is -0.609. The summed E-state index contributed by atoms with van der Waals surface area (Å²) in [5, 5.41) is 43.3. The average molecular weight is 665 g/mol. The van der Waals surface area contributed by atoms with Crippen LogP contribution >= 0.6 is 0 Å². The van der Waals surface area contributed by atoms with E-state index in [9.17, 15) is 20.4 Å². The van der Waals surface area contributed by atoms with Crippen molar-refractivity contribution in [2.24, 2.45) is 16.7 Å². The van der Waals surface area contributed by atoms with Gasteiger partial charge in [-0.05, 0) is 49.4 Å². The van der Waals surface area contributed by atoms with Crippen molar-refractivity contribution in [3.63, 3.8) is 0 Å². The molecule has 0 aromatic heterocycles. The van der Waals surface area contributed by atoms with Gasteiger partial charge in [0.1, 0.15) is 5.92 Å². The number of carboxylic acids is 1. The van der Waals surface area contributed by atoms with Crippen molar-refractivity contribution in [2.45, 2.75) is 189 Å². The summed E-state index contributed by atoms with van der Waals surface area (Å²) in [5.41, 5.74) is 0.0227. The summed E-state index contributed by atoms with van der Waals surface area (Å²) >= 11 is 0. The molecule has 0 fully saturated rings. The Morgan fingerprint density at radius 1 is 0.578 bits per heavy atom. The third kappa shape index (κ3) is 31.0. The number of aliphatic hydroxyl groups is 2. The van der Waals surface area contributed by atoms with Crippen LogP contribution in [0, 0.1) is 39.4 Å². The second-order valence-electron chi connectivity index (χ2n) is 12.6. The first-order valence-electron chi connectivity index (χ1n) is 17.9. The van der Waals surface area contributed by atoms with E-state index in [4.69, 9.17) is 10.2 Å². The first-order chi connectivity index (χ1) is 20.7. The van der Waals surface area contributed by atoms with E-state index >= 15 is 0 Å². The van der Waals surface area contributed by atoms with E-state index in [-0.39, 0.29) is 80.9 Å². The molecule has 0 aromatic rings. The molecule has 0 spiro atoms. The van der Waals surface area contributed by atoms with Crippen molar-refractivity contribution in [3.8, 4) is 12.1 Å². The summed E-state index contributed by atoms with van der Waals surface area (Å²) in [6.45, 7) is 13.0. The zero-order chi connectivity index (χ0) is 33.2. The van der Waals surface area contributed by atoms with E-state index in [0.29, 0.717) is 6.42 Å². The molecular weight excluding hydrogens is 592 g/mol. The Labute approximate surface area is 322 Å². The smallest absolute Gasteiger partial charge is 0.870 e. The molecule has 0 unspecified atom stereocenters. The van der Waals surface area contributed by atoms with Crippen molar-refractivity contribution >= 4 is 5.97 Å². The molecule has 0 aromatic carbocycles. The monoisotopic (exact) mass is 665 g/mol. The molecule has 0 heterocycles. The summed E-state index contributed by atoms with van der Waals surface area (Å²) < 4.78 is 0. The number of aliphatic hydroxyl groups excluding tert-OH is 2. The normalized spacial score (nSPS) is 10.6. The Morgan fingerprint density at radius 2 is 0.889 bits per heavy atom. The zero-order valence-electron chi connectivity index (χ0n) is 30.8. The first kappa shape index (κ1) is 54.4. The van der Waals surface area contributed by atoms with Crippen molar-refractivity contribution in [1.29, 1.82) is 10.5 Å². The molecule has 262 valence electrons. The fraction of sp³-hybridized carbons (Fsp3) is 0.919. The zero-order valence-corrected chi connectivity index (χ0v) is 34.0. The Bertz CT molecular complexity index is 661. The van der Waals surface area contributed by atoms with E-state index in [2.05, 4.69) is 53.7 Å². The number of nitrogens with zero attached hydrogens (tertiary/aromatic N) is 2. The number of aliphatic carboxylic acids is 1. The van der Waals surface area contributed by atoms with E-state index in [0.717, 1.165) is 64.2 Å². The number of carbonyl (C=O) groups is 1. The Balaban J connectivity index is -0.000000203. The molecular formula is C37H73KN2O5. The summed E-state index contributed by atoms with van der Waals surface area (Å²) in [6, 6.07) is 4.58. The van der Waals surface area contributed by atoms with Crippen LogP contribution in [0.3, 0.4) is 0 Å². The fourth-order valence-electron chi connectivity index (χ4n) is 6.06. The van der Waals surface area contributed by atoms with Gasteiger partial charge in [0.25, 0.3) is 0 Å². The quantitative estimate of drug-likeness (QED) is 0.0636.